The minimum absolute atomic E-state index is 0.258. The van der Waals surface area contributed by atoms with Gasteiger partial charge in [0.2, 0.25) is 5.69 Å². The van der Waals surface area contributed by atoms with Crippen LogP contribution in [0.25, 0.3) is 27.4 Å². The fourth-order valence-electron chi connectivity index (χ4n) is 4.16. The molecule has 9 nitrogen and oxygen atoms in total. The Morgan fingerprint density at radius 1 is 1.06 bits per heavy atom. The van der Waals surface area contributed by atoms with Crippen molar-refractivity contribution in [2.45, 2.75) is 26.8 Å². The zero-order chi connectivity index (χ0) is 24.9. The lowest BCUT2D eigenvalue weighted by molar-refractivity contribution is 0.0516. The predicted molar refractivity (Wildman–Crippen MR) is 131 cm³/mol. The molecule has 0 bridgehead atoms. The van der Waals surface area contributed by atoms with Crippen molar-refractivity contribution in [3.05, 3.63) is 76.9 Å². The Kier molecular flexibility index (Phi) is 6.92. The topological polar surface area (TPSA) is 88.4 Å². The van der Waals surface area contributed by atoms with Crippen LogP contribution in [-0.2, 0) is 24.8 Å². The van der Waals surface area contributed by atoms with E-state index in [4.69, 9.17) is 16.0 Å². The van der Waals surface area contributed by atoms with Crippen molar-refractivity contribution in [3.8, 4) is 28.3 Å². The fraction of sp³-hybridized carbons (Fsp3) is 0.269. The largest absolute Gasteiger partial charge is 0.497 e. The minimum atomic E-state index is -0.442. The molecule has 0 saturated heterocycles. The Labute approximate surface area is 203 Å². The summed E-state index contributed by atoms with van der Waals surface area (Å²) in [5.41, 5.74) is 4.84. The van der Waals surface area contributed by atoms with Crippen molar-refractivity contribution in [1.82, 2.24) is 24.8 Å². The summed E-state index contributed by atoms with van der Waals surface area (Å²) in [5.74, 6) is 0.960. The van der Waals surface area contributed by atoms with Gasteiger partial charge in [0.15, 0.2) is 5.82 Å². The number of hydrogen-bond acceptors (Lipinski definition) is 6. The van der Waals surface area contributed by atoms with Gasteiger partial charge < -0.3 is 14.0 Å². The second kappa shape index (κ2) is 10.2. The van der Waals surface area contributed by atoms with Crippen LogP contribution < -0.4 is 4.74 Å². The third-order valence-corrected chi connectivity index (χ3v) is 5.86. The minimum Gasteiger partial charge on any atom is -0.497 e. The van der Waals surface area contributed by atoms with E-state index >= 15 is 0 Å². The van der Waals surface area contributed by atoms with Crippen LogP contribution in [0.4, 0.5) is 5.69 Å². The number of methoxy groups -OCH3 is 1. The summed E-state index contributed by atoms with van der Waals surface area (Å²) in [6.45, 7) is 12.3. The number of carbonyl (C=O) groups excluding carboxylic acids is 1. The first-order valence-electron chi connectivity index (χ1n) is 11.3. The number of benzene rings is 2. The Balaban J connectivity index is 1.70. The Morgan fingerprint density at radius 3 is 2.34 bits per heavy atom. The second-order valence-corrected chi connectivity index (χ2v) is 7.85. The molecule has 178 valence electrons. The lowest BCUT2D eigenvalue weighted by Gasteiger charge is -2.10. The molecular formula is C26H26N6O3. The number of nitrogens with zero attached hydrogens (tertiary/aromatic N) is 6. The first-order chi connectivity index (χ1) is 17.0. The number of hydrogen-bond donors (Lipinski definition) is 0. The summed E-state index contributed by atoms with van der Waals surface area (Å²) >= 11 is 0. The van der Waals surface area contributed by atoms with E-state index in [0.717, 1.165) is 28.1 Å². The molecule has 2 aromatic heterocycles. The second-order valence-electron chi connectivity index (χ2n) is 7.85. The summed E-state index contributed by atoms with van der Waals surface area (Å²) in [6.07, 6.45) is 0.624. The summed E-state index contributed by atoms with van der Waals surface area (Å²) in [5, 5.41) is 12.2. The molecule has 0 atom stereocenters. The molecule has 4 aromatic rings. The predicted octanol–water partition coefficient (Wildman–Crippen LogP) is 4.69. The van der Waals surface area contributed by atoms with Crippen molar-refractivity contribution in [1.29, 1.82) is 0 Å². The van der Waals surface area contributed by atoms with Crippen molar-refractivity contribution in [2.75, 3.05) is 13.7 Å². The van der Waals surface area contributed by atoms with Gasteiger partial charge in [0, 0.05) is 23.9 Å². The number of carbonyl (C=O) groups is 1. The summed E-state index contributed by atoms with van der Waals surface area (Å²) in [4.78, 5) is 16.5. The molecule has 0 amide bonds. The molecule has 0 saturated carbocycles. The van der Waals surface area contributed by atoms with E-state index in [1.165, 1.54) is 0 Å². The molecule has 0 spiro atoms. The van der Waals surface area contributed by atoms with Gasteiger partial charge in [-0.05, 0) is 47.0 Å². The molecule has 9 heteroatoms. The first kappa shape index (κ1) is 23.7. The van der Waals surface area contributed by atoms with Gasteiger partial charge in [-0.25, -0.2) is 14.3 Å². The lowest BCUT2D eigenvalue weighted by Crippen LogP contribution is -2.12. The van der Waals surface area contributed by atoms with Crippen LogP contribution in [0.5, 0.6) is 5.75 Å². The summed E-state index contributed by atoms with van der Waals surface area (Å²) in [7, 11) is 3.43. The quantitative estimate of drug-likeness (QED) is 0.274. The maximum Gasteiger partial charge on any atom is 0.354 e. The maximum absolute atomic E-state index is 12.8. The van der Waals surface area contributed by atoms with Gasteiger partial charge in [-0.2, -0.15) is 0 Å². The van der Waals surface area contributed by atoms with E-state index in [1.807, 2.05) is 55.5 Å². The van der Waals surface area contributed by atoms with Crippen LogP contribution in [0, 0.1) is 6.57 Å². The smallest absolute Gasteiger partial charge is 0.354 e. The fourth-order valence-corrected chi connectivity index (χ4v) is 4.16. The SMILES string of the molecule is [C-]#[N+]c1c(-c2ccc(-c3nnnn3Cc3ccc(OC)cc3)cc2)c(C(=O)OCC)n(C)c1CC. The average Bonchev–Trinajstić information content (AvgIpc) is 3.46. The van der Waals surface area contributed by atoms with Crippen LogP contribution in [0.3, 0.4) is 0 Å². The Bertz CT molecular complexity index is 1380. The number of rotatable bonds is 8. The molecule has 0 aliphatic rings. The molecule has 0 radical (unpaired) electrons. The standard InChI is InChI=1S/C26H26N6O3/c1-6-21-23(27-3)22(24(31(21)4)26(33)35-7-2)18-10-12-19(13-11-18)25-28-29-30-32(25)16-17-8-14-20(34-5)15-9-17/h8-15H,6-7,16H2,1-2,4-5H3. The lowest BCUT2D eigenvalue weighted by atomic mass is 10.0. The van der Waals surface area contributed by atoms with Crippen LogP contribution in [0.15, 0.2) is 48.5 Å². The van der Waals surface area contributed by atoms with Crippen LogP contribution in [-0.4, -0.2) is 44.5 Å². The van der Waals surface area contributed by atoms with Gasteiger partial charge in [0.1, 0.15) is 11.4 Å². The highest BCUT2D eigenvalue weighted by Crippen LogP contribution is 2.40. The first-order valence-corrected chi connectivity index (χ1v) is 11.3. The van der Waals surface area contributed by atoms with Crippen LogP contribution in [0.1, 0.15) is 35.6 Å². The molecular weight excluding hydrogens is 444 g/mol. The van der Waals surface area contributed by atoms with Crippen molar-refractivity contribution in [3.63, 3.8) is 0 Å². The molecule has 0 aliphatic heterocycles. The maximum atomic E-state index is 12.8. The molecule has 0 unspecified atom stereocenters. The van der Waals surface area contributed by atoms with Crippen LogP contribution >= 0.6 is 0 Å². The molecule has 2 heterocycles. The van der Waals surface area contributed by atoms with Crippen LogP contribution in [0.2, 0.25) is 0 Å². The van der Waals surface area contributed by atoms with E-state index in [1.54, 1.807) is 30.3 Å². The van der Waals surface area contributed by atoms with Crippen molar-refractivity contribution in [2.24, 2.45) is 7.05 Å². The van der Waals surface area contributed by atoms with Gasteiger partial charge in [-0.15, -0.1) is 5.10 Å². The van der Waals surface area contributed by atoms with E-state index in [0.29, 0.717) is 35.7 Å². The third kappa shape index (κ3) is 4.51. The molecule has 0 N–H and O–H groups in total. The van der Waals surface area contributed by atoms with E-state index < -0.39 is 5.97 Å². The molecule has 4 rings (SSSR count). The number of tetrazole rings is 1. The molecule has 2 aromatic carbocycles. The van der Waals surface area contributed by atoms with Gasteiger partial charge in [0.05, 0.1) is 26.8 Å². The number of ether oxygens (including phenoxy) is 2. The van der Waals surface area contributed by atoms with E-state index in [-0.39, 0.29) is 6.61 Å². The van der Waals surface area contributed by atoms with Gasteiger partial charge in [0.25, 0.3) is 0 Å². The van der Waals surface area contributed by atoms with Crippen molar-refractivity contribution < 1.29 is 14.3 Å². The zero-order valence-corrected chi connectivity index (χ0v) is 20.1. The van der Waals surface area contributed by atoms with Gasteiger partial charge in [-0.1, -0.05) is 43.3 Å². The van der Waals surface area contributed by atoms with Gasteiger partial charge in [-0.3, -0.25) is 0 Å². The highest BCUT2D eigenvalue weighted by Gasteiger charge is 2.27. The number of esters is 1. The highest BCUT2D eigenvalue weighted by molar-refractivity contribution is 6.01. The van der Waals surface area contributed by atoms with E-state index in [9.17, 15) is 4.79 Å². The Hall–Kier alpha value is -4.45. The monoisotopic (exact) mass is 470 g/mol. The normalized spacial score (nSPS) is 10.7. The average molecular weight is 471 g/mol. The highest BCUT2D eigenvalue weighted by atomic mass is 16.5. The van der Waals surface area contributed by atoms with Crippen molar-refractivity contribution >= 4 is 11.7 Å². The Morgan fingerprint density at radius 2 is 1.74 bits per heavy atom. The summed E-state index contributed by atoms with van der Waals surface area (Å²) in [6, 6.07) is 15.3. The molecule has 0 aliphatic carbocycles. The molecule has 0 fully saturated rings. The molecule has 35 heavy (non-hydrogen) atoms. The third-order valence-electron chi connectivity index (χ3n) is 5.86. The summed E-state index contributed by atoms with van der Waals surface area (Å²) < 4.78 is 14.0. The van der Waals surface area contributed by atoms with Gasteiger partial charge >= 0.3 is 5.97 Å². The zero-order valence-electron chi connectivity index (χ0n) is 20.1. The number of aromatic nitrogens is 5. The van der Waals surface area contributed by atoms with E-state index in [2.05, 4.69) is 20.4 Å².